The second-order valence-electron chi connectivity index (χ2n) is 7.82. The standard InChI is InChI=1S/C23H22N6O4S/c1-33-20-13-18(29(31)32)9-10-19(20)28-11-5-8-17(28)12-16(14-24)21(30)25-23-27-26-22(34-23)15-6-3-2-4-7-15/h5,8-13,15H,2-4,6-7H2,1H3,(H,25,27,30). The molecule has 0 bridgehead atoms. The lowest BCUT2D eigenvalue weighted by molar-refractivity contribution is -0.384. The first-order chi connectivity index (χ1) is 16.5. The van der Waals surface area contributed by atoms with Crippen LogP contribution < -0.4 is 10.1 Å². The summed E-state index contributed by atoms with van der Waals surface area (Å²) in [7, 11) is 1.42. The zero-order chi connectivity index (χ0) is 24.1. The average Bonchev–Trinajstić information content (AvgIpc) is 3.52. The molecule has 1 saturated carbocycles. The number of ether oxygens (including phenoxy) is 1. The SMILES string of the molecule is COc1cc([N+](=O)[O-])ccc1-n1cccc1C=C(C#N)C(=O)Nc1nnc(C2CCCCC2)s1. The number of methoxy groups -OCH3 is 1. The number of benzene rings is 1. The Hall–Kier alpha value is -4.04. The first-order valence-electron chi connectivity index (χ1n) is 10.8. The number of amides is 1. The van der Waals surface area contributed by atoms with E-state index in [2.05, 4.69) is 15.5 Å². The second-order valence-corrected chi connectivity index (χ2v) is 8.83. The average molecular weight is 479 g/mol. The van der Waals surface area contributed by atoms with Crippen molar-refractivity contribution in [1.82, 2.24) is 14.8 Å². The maximum atomic E-state index is 12.8. The normalized spacial score (nSPS) is 14.4. The first kappa shape index (κ1) is 23.1. The first-order valence-corrected chi connectivity index (χ1v) is 11.6. The Labute approximate surface area is 199 Å². The van der Waals surface area contributed by atoms with Crippen LogP contribution in [0.4, 0.5) is 10.8 Å². The fraction of sp³-hybridized carbons (Fsp3) is 0.304. The van der Waals surface area contributed by atoms with Gasteiger partial charge in [0.1, 0.15) is 22.4 Å². The molecule has 0 unspecified atom stereocenters. The summed E-state index contributed by atoms with van der Waals surface area (Å²) in [6, 6.07) is 9.62. The number of carbonyl (C=O) groups is 1. The van der Waals surface area contributed by atoms with Gasteiger partial charge in [-0.05, 0) is 37.1 Å². The van der Waals surface area contributed by atoms with Crippen molar-refractivity contribution >= 4 is 34.1 Å². The number of nitro benzene ring substituents is 1. The van der Waals surface area contributed by atoms with E-state index < -0.39 is 10.8 Å². The monoisotopic (exact) mass is 478 g/mol. The summed E-state index contributed by atoms with van der Waals surface area (Å²) in [6.07, 6.45) is 8.90. The van der Waals surface area contributed by atoms with E-state index >= 15 is 0 Å². The second kappa shape index (κ2) is 10.3. The molecule has 3 aromatic rings. The van der Waals surface area contributed by atoms with Gasteiger partial charge in [-0.1, -0.05) is 30.6 Å². The van der Waals surface area contributed by atoms with Crippen molar-refractivity contribution in [3.8, 4) is 17.5 Å². The van der Waals surface area contributed by atoms with Gasteiger partial charge < -0.3 is 9.30 Å². The van der Waals surface area contributed by atoms with Gasteiger partial charge in [-0.2, -0.15) is 5.26 Å². The van der Waals surface area contributed by atoms with Crippen molar-refractivity contribution in [1.29, 1.82) is 5.26 Å². The summed E-state index contributed by atoms with van der Waals surface area (Å²) in [5.74, 6) is 0.0761. The third kappa shape index (κ3) is 4.97. The number of rotatable bonds is 7. The Balaban J connectivity index is 1.56. The molecular formula is C23H22N6O4S. The Morgan fingerprint density at radius 2 is 2.12 bits per heavy atom. The highest BCUT2D eigenvalue weighted by Gasteiger charge is 2.21. The van der Waals surface area contributed by atoms with E-state index in [1.807, 2.05) is 6.07 Å². The molecule has 0 saturated heterocycles. The summed E-state index contributed by atoms with van der Waals surface area (Å²) in [5.41, 5.74) is 0.837. The zero-order valence-corrected chi connectivity index (χ0v) is 19.2. The molecule has 1 aromatic carbocycles. The highest BCUT2D eigenvalue weighted by atomic mass is 32.1. The van der Waals surface area contributed by atoms with Crippen LogP contribution in [0.1, 0.15) is 48.7 Å². The number of nitro groups is 1. The van der Waals surface area contributed by atoms with Gasteiger partial charge >= 0.3 is 0 Å². The van der Waals surface area contributed by atoms with Crippen molar-refractivity contribution in [3.63, 3.8) is 0 Å². The molecule has 34 heavy (non-hydrogen) atoms. The van der Waals surface area contributed by atoms with Gasteiger partial charge in [0.25, 0.3) is 11.6 Å². The molecular weight excluding hydrogens is 456 g/mol. The highest BCUT2D eigenvalue weighted by molar-refractivity contribution is 7.15. The van der Waals surface area contributed by atoms with Gasteiger partial charge in [-0.25, -0.2) is 0 Å². The van der Waals surface area contributed by atoms with Crippen LogP contribution in [0.2, 0.25) is 0 Å². The molecule has 1 N–H and O–H groups in total. The van der Waals surface area contributed by atoms with Crippen LogP contribution in [0.25, 0.3) is 11.8 Å². The molecule has 10 nitrogen and oxygen atoms in total. The molecule has 174 valence electrons. The lowest BCUT2D eigenvalue weighted by atomic mass is 9.90. The van der Waals surface area contributed by atoms with Gasteiger partial charge in [-0.15, -0.1) is 10.2 Å². The van der Waals surface area contributed by atoms with Crippen LogP contribution in [-0.2, 0) is 4.79 Å². The molecule has 1 aliphatic rings. The predicted molar refractivity (Wildman–Crippen MR) is 127 cm³/mol. The predicted octanol–water partition coefficient (Wildman–Crippen LogP) is 4.84. The Bertz CT molecular complexity index is 1280. The topological polar surface area (TPSA) is 136 Å². The fourth-order valence-corrected chi connectivity index (χ4v) is 4.88. The molecule has 2 aromatic heterocycles. The minimum Gasteiger partial charge on any atom is -0.494 e. The number of non-ortho nitro benzene ring substituents is 1. The Morgan fingerprint density at radius 1 is 1.32 bits per heavy atom. The highest BCUT2D eigenvalue weighted by Crippen LogP contribution is 2.35. The van der Waals surface area contributed by atoms with Gasteiger partial charge in [0, 0.05) is 23.9 Å². The number of hydrogen-bond donors (Lipinski definition) is 1. The van der Waals surface area contributed by atoms with Gasteiger partial charge in [-0.3, -0.25) is 20.2 Å². The minimum atomic E-state index is -0.586. The molecule has 0 aliphatic heterocycles. The zero-order valence-electron chi connectivity index (χ0n) is 18.4. The molecule has 1 fully saturated rings. The van der Waals surface area contributed by atoms with E-state index in [1.54, 1.807) is 29.0 Å². The molecule has 11 heteroatoms. The minimum absolute atomic E-state index is 0.105. The van der Waals surface area contributed by atoms with E-state index in [1.165, 1.54) is 55.9 Å². The Morgan fingerprint density at radius 3 is 2.82 bits per heavy atom. The largest absolute Gasteiger partial charge is 0.494 e. The molecule has 1 amide bonds. The fourth-order valence-electron chi connectivity index (χ4n) is 3.97. The van der Waals surface area contributed by atoms with E-state index in [4.69, 9.17) is 4.74 Å². The van der Waals surface area contributed by atoms with E-state index in [0.29, 0.717) is 22.4 Å². The molecule has 0 atom stereocenters. The van der Waals surface area contributed by atoms with Gasteiger partial charge in [0.15, 0.2) is 0 Å². The van der Waals surface area contributed by atoms with E-state index in [0.717, 1.165) is 17.8 Å². The summed E-state index contributed by atoms with van der Waals surface area (Å²) in [5, 5.41) is 33.0. The lowest BCUT2D eigenvalue weighted by Gasteiger charge is -2.18. The third-order valence-corrected chi connectivity index (χ3v) is 6.69. The third-order valence-electron chi connectivity index (χ3n) is 5.69. The summed E-state index contributed by atoms with van der Waals surface area (Å²) >= 11 is 1.34. The summed E-state index contributed by atoms with van der Waals surface area (Å²) in [6.45, 7) is 0. The summed E-state index contributed by atoms with van der Waals surface area (Å²) < 4.78 is 7.00. The van der Waals surface area contributed by atoms with Crippen molar-refractivity contribution in [2.45, 2.75) is 38.0 Å². The van der Waals surface area contributed by atoms with Crippen LogP contribution >= 0.6 is 11.3 Å². The van der Waals surface area contributed by atoms with Crippen LogP contribution in [0.5, 0.6) is 5.75 Å². The number of aromatic nitrogens is 3. The van der Waals surface area contributed by atoms with Gasteiger partial charge in [0.05, 0.1) is 23.8 Å². The molecule has 2 heterocycles. The molecule has 0 spiro atoms. The molecule has 4 rings (SSSR count). The van der Waals surface area contributed by atoms with Crippen molar-refractivity contribution in [2.75, 3.05) is 12.4 Å². The number of nitrogens with one attached hydrogen (secondary N) is 1. The quantitative estimate of drug-likeness (QED) is 0.222. The number of hydrogen-bond acceptors (Lipinski definition) is 8. The molecule has 0 radical (unpaired) electrons. The van der Waals surface area contributed by atoms with Gasteiger partial charge in [0.2, 0.25) is 5.13 Å². The smallest absolute Gasteiger partial charge is 0.273 e. The lowest BCUT2D eigenvalue weighted by Crippen LogP contribution is -2.13. The number of carbonyl (C=O) groups excluding carboxylic acids is 1. The van der Waals surface area contributed by atoms with Crippen LogP contribution in [0.3, 0.4) is 0 Å². The maximum absolute atomic E-state index is 12.8. The Kier molecular flexibility index (Phi) is 6.98. The van der Waals surface area contributed by atoms with Crippen LogP contribution in [0, 0.1) is 21.4 Å². The number of nitriles is 1. The number of anilines is 1. The van der Waals surface area contributed by atoms with Crippen molar-refractivity contribution in [3.05, 3.63) is 62.9 Å². The maximum Gasteiger partial charge on any atom is 0.273 e. The van der Waals surface area contributed by atoms with Crippen molar-refractivity contribution in [2.24, 2.45) is 0 Å². The van der Waals surface area contributed by atoms with Crippen LogP contribution in [0.15, 0.2) is 42.1 Å². The van der Waals surface area contributed by atoms with Crippen molar-refractivity contribution < 1.29 is 14.5 Å². The molecule has 1 aliphatic carbocycles. The summed E-state index contributed by atoms with van der Waals surface area (Å²) in [4.78, 5) is 23.3. The van der Waals surface area contributed by atoms with E-state index in [9.17, 15) is 20.2 Å². The van der Waals surface area contributed by atoms with Crippen LogP contribution in [-0.4, -0.2) is 32.7 Å². The number of nitrogens with zero attached hydrogens (tertiary/aromatic N) is 5. The van der Waals surface area contributed by atoms with E-state index in [-0.39, 0.29) is 17.0 Å².